The SMILES string of the molecule is CCCC1CC(CCN2CCN(C)CC2)C1. The Balaban J connectivity index is 1.52. The van der Waals surface area contributed by atoms with Crippen LogP contribution in [0.5, 0.6) is 0 Å². The average Bonchev–Trinajstić information content (AvgIpc) is 2.24. The molecule has 94 valence electrons. The number of rotatable bonds is 5. The maximum atomic E-state index is 2.66. The van der Waals surface area contributed by atoms with Gasteiger partial charge in [-0.25, -0.2) is 0 Å². The fourth-order valence-electron chi connectivity index (χ4n) is 3.19. The summed E-state index contributed by atoms with van der Waals surface area (Å²) in [5.41, 5.74) is 0. The number of likely N-dealkylation sites (N-methyl/N-ethyl adjacent to an activating group) is 1. The monoisotopic (exact) mass is 224 g/mol. The van der Waals surface area contributed by atoms with Gasteiger partial charge in [0, 0.05) is 26.2 Å². The van der Waals surface area contributed by atoms with Gasteiger partial charge in [0.25, 0.3) is 0 Å². The first-order valence-electron chi connectivity index (χ1n) is 7.18. The lowest BCUT2D eigenvalue weighted by Gasteiger charge is -2.38. The van der Waals surface area contributed by atoms with Crippen molar-refractivity contribution in [3.8, 4) is 0 Å². The van der Waals surface area contributed by atoms with Crippen LogP contribution >= 0.6 is 0 Å². The normalized spacial score (nSPS) is 32.6. The van der Waals surface area contributed by atoms with E-state index in [1.54, 1.807) is 0 Å². The van der Waals surface area contributed by atoms with Crippen molar-refractivity contribution in [2.24, 2.45) is 11.8 Å². The molecule has 0 spiro atoms. The second kappa shape index (κ2) is 6.02. The molecule has 1 aliphatic heterocycles. The molecule has 0 aromatic heterocycles. The zero-order chi connectivity index (χ0) is 11.4. The lowest BCUT2D eigenvalue weighted by molar-refractivity contribution is 0.116. The van der Waals surface area contributed by atoms with E-state index in [-0.39, 0.29) is 0 Å². The smallest absolute Gasteiger partial charge is 0.0110 e. The van der Waals surface area contributed by atoms with Crippen LogP contribution in [0.3, 0.4) is 0 Å². The maximum absolute atomic E-state index is 2.66. The van der Waals surface area contributed by atoms with Gasteiger partial charge in [0.15, 0.2) is 0 Å². The third-order valence-electron chi connectivity index (χ3n) is 4.48. The zero-order valence-electron chi connectivity index (χ0n) is 11.1. The van der Waals surface area contributed by atoms with Crippen LogP contribution in [0.4, 0.5) is 0 Å². The van der Waals surface area contributed by atoms with Crippen LogP contribution in [-0.4, -0.2) is 49.6 Å². The molecule has 2 fully saturated rings. The van der Waals surface area contributed by atoms with Crippen molar-refractivity contribution < 1.29 is 0 Å². The summed E-state index contributed by atoms with van der Waals surface area (Å²) in [5.74, 6) is 2.15. The Kier molecular flexibility index (Phi) is 4.66. The Morgan fingerprint density at radius 1 is 0.938 bits per heavy atom. The summed E-state index contributed by atoms with van der Waals surface area (Å²) in [6.45, 7) is 8.80. The zero-order valence-corrected chi connectivity index (χ0v) is 11.1. The van der Waals surface area contributed by atoms with Crippen LogP contribution in [0.15, 0.2) is 0 Å². The molecule has 0 aromatic carbocycles. The van der Waals surface area contributed by atoms with E-state index in [4.69, 9.17) is 0 Å². The predicted molar refractivity (Wildman–Crippen MR) is 69.7 cm³/mol. The highest BCUT2D eigenvalue weighted by atomic mass is 15.2. The molecule has 0 radical (unpaired) electrons. The summed E-state index contributed by atoms with van der Waals surface area (Å²) in [5, 5.41) is 0. The van der Waals surface area contributed by atoms with E-state index in [0.717, 1.165) is 11.8 Å². The highest BCUT2D eigenvalue weighted by Gasteiger charge is 2.28. The third kappa shape index (κ3) is 3.46. The van der Waals surface area contributed by atoms with E-state index < -0.39 is 0 Å². The largest absolute Gasteiger partial charge is 0.304 e. The highest BCUT2D eigenvalue weighted by Crippen LogP contribution is 2.38. The third-order valence-corrected chi connectivity index (χ3v) is 4.48. The quantitative estimate of drug-likeness (QED) is 0.708. The Hall–Kier alpha value is -0.0800. The number of hydrogen-bond acceptors (Lipinski definition) is 2. The van der Waals surface area contributed by atoms with Crippen LogP contribution in [0.2, 0.25) is 0 Å². The van der Waals surface area contributed by atoms with Gasteiger partial charge in [0.05, 0.1) is 0 Å². The Bertz CT molecular complexity index is 191. The van der Waals surface area contributed by atoms with E-state index in [9.17, 15) is 0 Å². The molecule has 0 N–H and O–H groups in total. The van der Waals surface area contributed by atoms with Gasteiger partial charge in [-0.05, 0) is 44.7 Å². The van der Waals surface area contributed by atoms with Gasteiger partial charge in [0.1, 0.15) is 0 Å². The van der Waals surface area contributed by atoms with Gasteiger partial charge in [-0.3, -0.25) is 0 Å². The number of nitrogens with zero attached hydrogens (tertiary/aromatic N) is 2. The fraction of sp³-hybridized carbons (Fsp3) is 1.00. The van der Waals surface area contributed by atoms with Crippen LogP contribution in [0, 0.1) is 11.8 Å². The van der Waals surface area contributed by atoms with Gasteiger partial charge in [-0.1, -0.05) is 19.8 Å². The second-order valence-electron chi connectivity index (χ2n) is 5.93. The number of hydrogen-bond donors (Lipinski definition) is 0. The minimum atomic E-state index is 1.07. The molecule has 2 rings (SSSR count). The molecular weight excluding hydrogens is 196 g/mol. The molecule has 0 aromatic rings. The highest BCUT2D eigenvalue weighted by molar-refractivity contribution is 4.80. The van der Waals surface area contributed by atoms with E-state index in [0.29, 0.717) is 0 Å². The first-order chi connectivity index (χ1) is 7.78. The van der Waals surface area contributed by atoms with Gasteiger partial charge in [-0.15, -0.1) is 0 Å². The molecule has 1 aliphatic carbocycles. The van der Waals surface area contributed by atoms with Crippen LogP contribution in [-0.2, 0) is 0 Å². The molecule has 1 heterocycles. The van der Waals surface area contributed by atoms with Crippen molar-refractivity contribution in [1.29, 1.82) is 0 Å². The van der Waals surface area contributed by atoms with Gasteiger partial charge >= 0.3 is 0 Å². The maximum Gasteiger partial charge on any atom is 0.0110 e. The Labute approximate surface area is 101 Å². The number of piperazine rings is 1. The predicted octanol–water partition coefficient (Wildman–Crippen LogP) is 2.45. The molecule has 0 bridgehead atoms. The van der Waals surface area contributed by atoms with Crippen molar-refractivity contribution in [3.05, 3.63) is 0 Å². The lowest BCUT2D eigenvalue weighted by Crippen LogP contribution is -2.45. The summed E-state index contributed by atoms with van der Waals surface area (Å²) in [6.07, 6.45) is 7.38. The molecule has 16 heavy (non-hydrogen) atoms. The van der Waals surface area contributed by atoms with Crippen molar-refractivity contribution in [3.63, 3.8) is 0 Å². The summed E-state index contributed by atoms with van der Waals surface area (Å²) in [6, 6.07) is 0. The van der Waals surface area contributed by atoms with Gasteiger partial charge < -0.3 is 9.80 Å². The van der Waals surface area contributed by atoms with Gasteiger partial charge in [0.2, 0.25) is 0 Å². The van der Waals surface area contributed by atoms with Crippen LogP contribution < -0.4 is 0 Å². The van der Waals surface area contributed by atoms with Crippen molar-refractivity contribution >= 4 is 0 Å². The molecule has 2 aliphatic rings. The van der Waals surface area contributed by atoms with Crippen LogP contribution in [0.1, 0.15) is 39.0 Å². The van der Waals surface area contributed by atoms with Crippen molar-refractivity contribution in [2.75, 3.05) is 39.8 Å². The summed E-state index contributed by atoms with van der Waals surface area (Å²) >= 11 is 0. The first kappa shape index (κ1) is 12.4. The van der Waals surface area contributed by atoms with Crippen molar-refractivity contribution in [2.45, 2.75) is 39.0 Å². The molecule has 2 heteroatoms. The standard InChI is InChI=1S/C14H28N2/c1-3-4-13-11-14(12-13)5-6-16-9-7-15(2)8-10-16/h13-14H,3-12H2,1-2H3. The molecule has 0 amide bonds. The fourth-order valence-corrected chi connectivity index (χ4v) is 3.19. The van der Waals surface area contributed by atoms with Crippen molar-refractivity contribution in [1.82, 2.24) is 9.80 Å². The minimum Gasteiger partial charge on any atom is -0.304 e. The molecule has 1 saturated heterocycles. The molecule has 0 unspecified atom stereocenters. The molecular formula is C14H28N2. The summed E-state index contributed by atoms with van der Waals surface area (Å²) in [7, 11) is 2.23. The molecule has 1 saturated carbocycles. The van der Waals surface area contributed by atoms with E-state index in [1.165, 1.54) is 64.8 Å². The minimum absolute atomic E-state index is 1.07. The molecule has 2 nitrogen and oxygen atoms in total. The second-order valence-corrected chi connectivity index (χ2v) is 5.93. The van der Waals surface area contributed by atoms with E-state index in [1.807, 2.05) is 0 Å². The van der Waals surface area contributed by atoms with Gasteiger partial charge in [-0.2, -0.15) is 0 Å². The Morgan fingerprint density at radius 3 is 2.19 bits per heavy atom. The summed E-state index contributed by atoms with van der Waals surface area (Å²) in [4.78, 5) is 5.10. The van der Waals surface area contributed by atoms with E-state index >= 15 is 0 Å². The lowest BCUT2D eigenvalue weighted by atomic mass is 9.71. The average molecular weight is 224 g/mol. The first-order valence-corrected chi connectivity index (χ1v) is 7.18. The topological polar surface area (TPSA) is 6.48 Å². The summed E-state index contributed by atoms with van der Waals surface area (Å²) < 4.78 is 0. The molecule has 0 atom stereocenters. The van der Waals surface area contributed by atoms with Crippen LogP contribution in [0.25, 0.3) is 0 Å². The van der Waals surface area contributed by atoms with E-state index in [2.05, 4.69) is 23.8 Å². The Morgan fingerprint density at radius 2 is 1.56 bits per heavy atom.